The molecule has 1 unspecified atom stereocenters. The number of amidine groups is 1. The molecule has 0 saturated carbocycles. The quantitative estimate of drug-likeness (QED) is 0.497. The first-order valence-electron chi connectivity index (χ1n) is 5.39. The second-order valence-electron chi connectivity index (χ2n) is 4.24. The van der Waals surface area contributed by atoms with E-state index in [0.717, 1.165) is 5.56 Å². The summed E-state index contributed by atoms with van der Waals surface area (Å²) in [6.45, 7) is 1.81. The lowest BCUT2D eigenvalue weighted by Gasteiger charge is -2.24. The molecule has 98 valence electrons. The Morgan fingerprint density at radius 3 is 2.67 bits per heavy atom. The molecule has 0 bridgehead atoms. The zero-order valence-electron chi connectivity index (χ0n) is 9.72. The maximum absolute atomic E-state index is 11.4. The SMILES string of the molecule is Cc1ccc(S(=O)(=O)O)c(N2C(=N)CCC2Cl)c1. The molecule has 2 rings (SSSR count). The van der Waals surface area contributed by atoms with Gasteiger partial charge in [-0.2, -0.15) is 8.42 Å². The van der Waals surface area contributed by atoms with Crippen LogP contribution in [0.25, 0.3) is 0 Å². The van der Waals surface area contributed by atoms with Crippen LogP contribution in [-0.2, 0) is 10.1 Å². The van der Waals surface area contributed by atoms with Gasteiger partial charge in [-0.05, 0) is 31.0 Å². The third-order valence-corrected chi connectivity index (χ3v) is 4.16. The van der Waals surface area contributed by atoms with Crippen LogP contribution in [-0.4, -0.2) is 24.3 Å². The Labute approximate surface area is 111 Å². The van der Waals surface area contributed by atoms with Gasteiger partial charge in [0.05, 0.1) is 5.69 Å². The van der Waals surface area contributed by atoms with Crippen molar-refractivity contribution >= 4 is 33.2 Å². The van der Waals surface area contributed by atoms with Crippen molar-refractivity contribution in [3.63, 3.8) is 0 Å². The number of nitrogens with one attached hydrogen (secondary N) is 1. The largest absolute Gasteiger partial charge is 0.312 e. The first kappa shape index (κ1) is 13.3. The summed E-state index contributed by atoms with van der Waals surface area (Å²) in [6.07, 6.45) is 1.08. The summed E-state index contributed by atoms with van der Waals surface area (Å²) >= 11 is 6.09. The minimum atomic E-state index is -4.33. The lowest BCUT2D eigenvalue weighted by Crippen LogP contribution is -2.30. The molecular formula is C11H13ClN2O3S. The highest BCUT2D eigenvalue weighted by atomic mass is 35.5. The van der Waals surface area contributed by atoms with E-state index in [-0.39, 0.29) is 16.4 Å². The molecule has 1 aromatic rings. The smallest absolute Gasteiger partial charge is 0.296 e. The lowest BCUT2D eigenvalue weighted by molar-refractivity contribution is 0.483. The molecule has 0 spiro atoms. The Bertz CT molecular complexity index is 600. The average Bonchev–Trinajstić information content (AvgIpc) is 2.56. The second kappa shape index (κ2) is 4.53. The standard InChI is InChI=1S/C11H13ClN2O3S/c1-7-2-3-9(18(15,16)17)8(6-7)14-10(12)4-5-11(14)13/h2-3,6,10,13H,4-5H2,1H3,(H,15,16,17). The molecule has 1 fully saturated rings. The van der Waals surface area contributed by atoms with Crippen LogP contribution >= 0.6 is 11.6 Å². The van der Waals surface area contributed by atoms with E-state index in [9.17, 15) is 13.0 Å². The molecule has 1 aliphatic rings. The molecule has 1 atom stereocenters. The van der Waals surface area contributed by atoms with Crippen LogP contribution in [0.1, 0.15) is 18.4 Å². The number of rotatable bonds is 2. The van der Waals surface area contributed by atoms with Crippen LogP contribution in [0.4, 0.5) is 5.69 Å². The fourth-order valence-corrected chi connectivity index (χ4v) is 3.00. The van der Waals surface area contributed by atoms with E-state index in [2.05, 4.69) is 0 Å². The van der Waals surface area contributed by atoms with Gasteiger partial charge in [0.15, 0.2) is 0 Å². The molecule has 1 aliphatic heterocycles. The topological polar surface area (TPSA) is 81.5 Å². The number of alkyl halides is 1. The van der Waals surface area contributed by atoms with E-state index in [1.165, 1.54) is 11.0 Å². The van der Waals surface area contributed by atoms with Crippen molar-refractivity contribution in [2.24, 2.45) is 0 Å². The number of hydrogen-bond acceptors (Lipinski definition) is 3. The number of nitrogens with zero attached hydrogens (tertiary/aromatic N) is 1. The summed E-state index contributed by atoms with van der Waals surface area (Å²) in [5.74, 6) is 0.255. The highest BCUT2D eigenvalue weighted by Gasteiger charge is 2.31. The van der Waals surface area contributed by atoms with Crippen LogP contribution in [0.2, 0.25) is 0 Å². The minimum Gasteiger partial charge on any atom is -0.312 e. The lowest BCUT2D eigenvalue weighted by atomic mass is 10.2. The molecule has 2 N–H and O–H groups in total. The average molecular weight is 289 g/mol. The Kier molecular flexibility index (Phi) is 3.35. The summed E-state index contributed by atoms with van der Waals surface area (Å²) in [6, 6.07) is 4.53. The van der Waals surface area contributed by atoms with Crippen LogP contribution in [0.15, 0.2) is 23.1 Å². The van der Waals surface area contributed by atoms with Crippen molar-refractivity contribution in [2.75, 3.05) is 4.90 Å². The van der Waals surface area contributed by atoms with Gasteiger partial charge >= 0.3 is 0 Å². The minimum absolute atomic E-state index is 0.217. The predicted molar refractivity (Wildman–Crippen MR) is 70.1 cm³/mol. The fourth-order valence-electron chi connectivity index (χ4n) is 2.00. The monoisotopic (exact) mass is 288 g/mol. The molecule has 0 aromatic heterocycles. The predicted octanol–water partition coefficient (Wildman–Crippen LogP) is 2.38. The van der Waals surface area contributed by atoms with Gasteiger partial charge in [-0.1, -0.05) is 17.7 Å². The summed E-state index contributed by atoms with van der Waals surface area (Å²) in [7, 11) is -4.33. The van der Waals surface area contributed by atoms with Crippen LogP contribution < -0.4 is 4.90 Å². The molecule has 1 heterocycles. The van der Waals surface area contributed by atoms with E-state index >= 15 is 0 Å². The molecular weight excluding hydrogens is 276 g/mol. The normalized spacial score (nSPS) is 20.5. The van der Waals surface area contributed by atoms with E-state index < -0.39 is 15.6 Å². The highest BCUT2D eigenvalue weighted by Crippen LogP contribution is 2.34. The Hall–Kier alpha value is -1.11. The first-order valence-corrected chi connectivity index (χ1v) is 7.27. The van der Waals surface area contributed by atoms with E-state index in [0.29, 0.717) is 12.8 Å². The second-order valence-corrected chi connectivity index (χ2v) is 6.13. The summed E-state index contributed by atoms with van der Waals surface area (Å²) in [5, 5.41) is 7.81. The summed E-state index contributed by atoms with van der Waals surface area (Å²) in [5.41, 5.74) is 0.640. The van der Waals surface area contributed by atoms with E-state index in [4.69, 9.17) is 17.0 Å². The van der Waals surface area contributed by atoms with Crippen LogP contribution in [0.3, 0.4) is 0 Å². The van der Waals surface area contributed by atoms with Crippen molar-refractivity contribution in [2.45, 2.75) is 30.2 Å². The van der Waals surface area contributed by atoms with Gasteiger partial charge < -0.3 is 4.90 Å². The molecule has 0 amide bonds. The fraction of sp³-hybridized carbons (Fsp3) is 0.364. The Balaban J connectivity index is 2.62. The number of benzene rings is 1. The molecule has 18 heavy (non-hydrogen) atoms. The van der Waals surface area contributed by atoms with Crippen molar-refractivity contribution in [3.8, 4) is 0 Å². The summed E-state index contributed by atoms with van der Waals surface area (Å²) in [4.78, 5) is 1.22. The highest BCUT2D eigenvalue weighted by molar-refractivity contribution is 7.86. The Morgan fingerprint density at radius 2 is 2.17 bits per heavy atom. The van der Waals surface area contributed by atoms with Gasteiger partial charge in [0.25, 0.3) is 10.1 Å². The molecule has 7 heteroatoms. The van der Waals surface area contributed by atoms with E-state index in [1.807, 2.05) is 0 Å². The Morgan fingerprint density at radius 1 is 1.50 bits per heavy atom. The van der Waals surface area contributed by atoms with Crippen LogP contribution in [0.5, 0.6) is 0 Å². The third-order valence-electron chi connectivity index (χ3n) is 2.84. The maximum Gasteiger partial charge on any atom is 0.296 e. The van der Waals surface area contributed by atoms with Gasteiger partial charge in [-0.3, -0.25) is 9.96 Å². The molecule has 0 aliphatic carbocycles. The molecule has 0 radical (unpaired) electrons. The number of halogens is 1. The van der Waals surface area contributed by atoms with Gasteiger partial charge in [-0.25, -0.2) is 0 Å². The van der Waals surface area contributed by atoms with Gasteiger partial charge in [0, 0.05) is 6.42 Å². The maximum atomic E-state index is 11.4. The number of hydrogen-bond donors (Lipinski definition) is 2. The molecule has 1 aromatic carbocycles. The number of anilines is 1. The van der Waals surface area contributed by atoms with Crippen molar-refractivity contribution in [1.82, 2.24) is 0 Å². The molecule has 1 saturated heterocycles. The van der Waals surface area contributed by atoms with Crippen LogP contribution in [0, 0.1) is 12.3 Å². The van der Waals surface area contributed by atoms with Crippen molar-refractivity contribution in [3.05, 3.63) is 23.8 Å². The van der Waals surface area contributed by atoms with Crippen molar-refractivity contribution < 1.29 is 13.0 Å². The van der Waals surface area contributed by atoms with E-state index in [1.54, 1.807) is 19.1 Å². The van der Waals surface area contributed by atoms with Gasteiger partial charge in [0.1, 0.15) is 16.2 Å². The van der Waals surface area contributed by atoms with Gasteiger partial charge in [0.2, 0.25) is 0 Å². The molecule has 5 nitrogen and oxygen atoms in total. The summed E-state index contributed by atoms with van der Waals surface area (Å²) < 4.78 is 31.9. The zero-order chi connectivity index (χ0) is 13.5. The zero-order valence-corrected chi connectivity index (χ0v) is 11.3. The van der Waals surface area contributed by atoms with Crippen molar-refractivity contribution in [1.29, 1.82) is 5.41 Å². The number of aryl methyl sites for hydroxylation is 1. The first-order chi connectivity index (χ1) is 8.30. The third kappa shape index (κ3) is 2.36. The van der Waals surface area contributed by atoms with Gasteiger partial charge in [-0.15, -0.1) is 0 Å².